The quantitative estimate of drug-likeness (QED) is 0.834. The Balaban J connectivity index is 1.77. The molecule has 2 aliphatic rings. The maximum absolute atomic E-state index is 12.5. The van der Waals surface area contributed by atoms with Gasteiger partial charge in [0.25, 0.3) is 5.91 Å². The second-order valence-corrected chi connectivity index (χ2v) is 5.56. The maximum Gasteiger partial charge on any atom is 0.253 e. The monoisotopic (exact) mass is 261 g/mol. The van der Waals surface area contributed by atoms with Crippen molar-refractivity contribution in [1.29, 1.82) is 0 Å². The zero-order chi connectivity index (χ0) is 13.4. The Morgan fingerprint density at radius 2 is 2.16 bits per heavy atom. The van der Waals surface area contributed by atoms with Gasteiger partial charge in [-0.2, -0.15) is 0 Å². The summed E-state index contributed by atoms with van der Waals surface area (Å²) < 4.78 is 5.37. The molecule has 0 radical (unpaired) electrons. The maximum atomic E-state index is 12.5. The summed E-state index contributed by atoms with van der Waals surface area (Å²) in [6.45, 7) is 4.51. The average Bonchev–Trinajstić information content (AvgIpc) is 2.88. The van der Waals surface area contributed by atoms with Crippen molar-refractivity contribution in [3.8, 4) is 0 Å². The Morgan fingerprint density at radius 3 is 2.95 bits per heavy atom. The first-order valence-electron chi connectivity index (χ1n) is 6.82. The second kappa shape index (κ2) is 4.94. The summed E-state index contributed by atoms with van der Waals surface area (Å²) in [5.74, 6) is 0.212. The van der Waals surface area contributed by atoms with Crippen LogP contribution in [0.5, 0.6) is 0 Å². The van der Waals surface area contributed by atoms with E-state index in [1.165, 1.54) is 5.56 Å². The van der Waals surface area contributed by atoms with Crippen LogP contribution in [0.15, 0.2) is 18.2 Å². The van der Waals surface area contributed by atoms with Gasteiger partial charge in [-0.1, -0.05) is 13.0 Å². The minimum absolute atomic E-state index is 0.0634. The van der Waals surface area contributed by atoms with Crippen LogP contribution in [0.3, 0.4) is 0 Å². The molecule has 2 aliphatic heterocycles. The van der Waals surface area contributed by atoms with E-state index in [1.807, 2.05) is 30.0 Å². The molecule has 1 fully saturated rings. The molecule has 2 unspecified atom stereocenters. The molecule has 0 aliphatic carbocycles. The van der Waals surface area contributed by atoms with E-state index in [-0.39, 0.29) is 17.9 Å². The van der Waals surface area contributed by atoms with Gasteiger partial charge in [-0.25, -0.2) is 0 Å². The summed E-state index contributed by atoms with van der Waals surface area (Å²) in [6.07, 6.45) is 0.387. The van der Waals surface area contributed by atoms with Crippen molar-refractivity contribution < 1.29 is 14.6 Å². The molecule has 19 heavy (non-hydrogen) atoms. The minimum atomic E-state index is -0.280. The molecule has 1 aromatic rings. The van der Waals surface area contributed by atoms with Crippen molar-refractivity contribution in [2.45, 2.75) is 32.7 Å². The van der Waals surface area contributed by atoms with E-state index in [9.17, 15) is 9.90 Å². The molecular weight excluding hydrogens is 242 g/mol. The number of piperidine rings is 1. The minimum Gasteiger partial charge on any atom is -0.393 e. The standard InChI is InChI=1S/C15H19NO3/c1-10-7-16(5-4-14(10)17)15(18)11-2-3-12-8-19-9-13(12)6-11/h2-3,6,10,14,17H,4-5,7-9H2,1H3. The number of carbonyl (C=O) groups is 1. The van der Waals surface area contributed by atoms with E-state index in [0.717, 1.165) is 11.1 Å². The van der Waals surface area contributed by atoms with Gasteiger partial charge in [-0.3, -0.25) is 4.79 Å². The molecule has 0 aromatic heterocycles. The van der Waals surface area contributed by atoms with Gasteiger partial charge < -0.3 is 14.7 Å². The van der Waals surface area contributed by atoms with Crippen LogP contribution >= 0.6 is 0 Å². The number of likely N-dealkylation sites (tertiary alicyclic amines) is 1. The van der Waals surface area contributed by atoms with Crippen LogP contribution < -0.4 is 0 Å². The number of carbonyl (C=O) groups excluding carboxylic acids is 1. The molecule has 2 heterocycles. The fourth-order valence-electron chi connectivity index (χ4n) is 2.81. The van der Waals surface area contributed by atoms with Gasteiger partial charge in [0.1, 0.15) is 0 Å². The molecule has 1 N–H and O–H groups in total. The lowest BCUT2D eigenvalue weighted by Gasteiger charge is -2.34. The third-order valence-electron chi connectivity index (χ3n) is 4.12. The van der Waals surface area contributed by atoms with Crippen LogP contribution in [-0.4, -0.2) is 35.1 Å². The zero-order valence-corrected chi connectivity index (χ0v) is 11.1. The smallest absolute Gasteiger partial charge is 0.253 e. The Bertz CT molecular complexity index is 500. The van der Waals surface area contributed by atoms with E-state index in [1.54, 1.807) is 0 Å². The number of hydrogen-bond acceptors (Lipinski definition) is 3. The van der Waals surface area contributed by atoms with Gasteiger partial charge in [0.15, 0.2) is 0 Å². The van der Waals surface area contributed by atoms with Crippen LogP contribution in [0.2, 0.25) is 0 Å². The van der Waals surface area contributed by atoms with Crippen LogP contribution in [-0.2, 0) is 18.0 Å². The number of nitrogens with zero attached hydrogens (tertiary/aromatic N) is 1. The fraction of sp³-hybridized carbons (Fsp3) is 0.533. The molecule has 1 amide bonds. The van der Waals surface area contributed by atoms with Gasteiger partial charge in [0.2, 0.25) is 0 Å². The zero-order valence-electron chi connectivity index (χ0n) is 11.1. The van der Waals surface area contributed by atoms with Crippen LogP contribution in [0, 0.1) is 5.92 Å². The third-order valence-corrected chi connectivity index (χ3v) is 4.12. The summed E-state index contributed by atoms with van der Waals surface area (Å²) in [7, 11) is 0. The van der Waals surface area contributed by atoms with E-state index < -0.39 is 0 Å². The number of aliphatic hydroxyl groups is 1. The summed E-state index contributed by atoms with van der Waals surface area (Å²) in [4.78, 5) is 14.3. The van der Waals surface area contributed by atoms with E-state index in [0.29, 0.717) is 32.7 Å². The third kappa shape index (κ3) is 2.38. The SMILES string of the molecule is CC1CN(C(=O)c2ccc3c(c2)COC3)CCC1O. The van der Waals surface area contributed by atoms with Crippen molar-refractivity contribution in [2.75, 3.05) is 13.1 Å². The van der Waals surface area contributed by atoms with Crippen molar-refractivity contribution in [1.82, 2.24) is 4.90 Å². The summed E-state index contributed by atoms with van der Waals surface area (Å²) in [5.41, 5.74) is 3.03. The Morgan fingerprint density at radius 1 is 1.37 bits per heavy atom. The number of benzene rings is 1. The first-order valence-corrected chi connectivity index (χ1v) is 6.82. The highest BCUT2D eigenvalue weighted by Crippen LogP contribution is 2.23. The van der Waals surface area contributed by atoms with Gasteiger partial charge in [-0.15, -0.1) is 0 Å². The van der Waals surface area contributed by atoms with Crippen molar-refractivity contribution in [3.63, 3.8) is 0 Å². The predicted octanol–water partition coefficient (Wildman–Crippen LogP) is 1.56. The number of fused-ring (bicyclic) bond motifs is 1. The first-order chi connectivity index (χ1) is 9.15. The first kappa shape index (κ1) is 12.6. The van der Waals surface area contributed by atoms with Gasteiger partial charge in [0.05, 0.1) is 19.3 Å². The Labute approximate surface area is 113 Å². The van der Waals surface area contributed by atoms with Crippen LogP contribution in [0.4, 0.5) is 0 Å². The number of aliphatic hydroxyl groups excluding tert-OH is 1. The Kier molecular flexibility index (Phi) is 3.29. The van der Waals surface area contributed by atoms with Crippen molar-refractivity contribution in [2.24, 2.45) is 5.92 Å². The predicted molar refractivity (Wildman–Crippen MR) is 70.6 cm³/mol. The molecule has 1 aromatic carbocycles. The normalized spacial score (nSPS) is 26.3. The molecule has 0 bridgehead atoms. The number of hydrogen-bond donors (Lipinski definition) is 1. The molecule has 0 spiro atoms. The summed E-state index contributed by atoms with van der Waals surface area (Å²) >= 11 is 0. The van der Waals surface area contributed by atoms with Crippen molar-refractivity contribution >= 4 is 5.91 Å². The molecule has 1 saturated heterocycles. The van der Waals surface area contributed by atoms with Crippen LogP contribution in [0.1, 0.15) is 34.8 Å². The van der Waals surface area contributed by atoms with Gasteiger partial charge in [0, 0.05) is 18.7 Å². The lowest BCUT2D eigenvalue weighted by atomic mass is 9.96. The lowest BCUT2D eigenvalue weighted by Crippen LogP contribution is -2.44. The molecule has 3 rings (SSSR count). The molecule has 4 nitrogen and oxygen atoms in total. The van der Waals surface area contributed by atoms with E-state index in [2.05, 4.69) is 0 Å². The summed E-state index contributed by atoms with van der Waals surface area (Å²) in [5, 5.41) is 9.72. The Hall–Kier alpha value is -1.39. The van der Waals surface area contributed by atoms with E-state index in [4.69, 9.17) is 4.74 Å². The molecule has 102 valence electrons. The fourth-order valence-corrected chi connectivity index (χ4v) is 2.81. The average molecular weight is 261 g/mol. The number of rotatable bonds is 1. The molecule has 2 atom stereocenters. The van der Waals surface area contributed by atoms with Gasteiger partial charge in [-0.05, 0) is 35.6 Å². The largest absolute Gasteiger partial charge is 0.393 e. The molecule has 0 saturated carbocycles. The topological polar surface area (TPSA) is 49.8 Å². The number of ether oxygens (including phenoxy) is 1. The highest BCUT2D eigenvalue weighted by atomic mass is 16.5. The van der Waals surface area contributed by atoms with Gasteiger partial charge >= 0.3 is 0 Å². The molecular formula is C15H19NO3. The lowest BCUT2D eigenvalue weighted by molar-refractivity contribution is 0.0297. The van der Waals surface area contributed by atoms with Crippen molar-refractivity contribution in [3.05, 3.63) is 34.9 Å². The summed E-state index contributed by atoms with van der Waals surface area (Å²) in [6, 6.07) is 5.81. The highest BCUT2D eigenvalue weighted by Gasteiger charge is 2.28. The highest BCUT2D eigenvalue weighted by molar-refractivity contribution is 5.94. The molecule has 4 heteroatoms. The van der Waals surface area contributed by atoms with Crippen LogP contribution in [0.25, 0.3) is 0 Å². The van der Waals surface area contributed by atoms with E-state index >= 15 is 0 Å². The number of amides is 1. The second-order valence-electron chi connectivity index (χ2n) is 5.56.